The van der Waals surface area contributed by atoms with Crippen molar-refractivity contribution in [3.8, 4) is 5.75 Å². The maximum atomic E-state index is 13.2. The molecule has 0 unspecified atom stereocenters. The minimum Gasteiger partial charge on any atom is -0.494 e. The second-order valence-electron chi connectivity index (χ2n) is 7.11. The zero-order chi connectivity index (χ0) is 23.1. The van der Waals surface area contributed by atoms with Gasteiger partial charge in [-0.2, -0.15) is 13.2 Å². The van der Waals surface area contributed by atoms with Crippen LogP contribution in [0.2, 0.25) is 0 Å². The average molecular weight is 468 g/mol. The maximum absolute atomic E-state index is 13.2. The fourth-order valence-corrected chi connectivity index (χ4v) is 3.35. The maximum Gasteiger partial charge on any atom is 0.416 e. The third kappa shape index (κ3) is 6.33. The molecular formula is C22H24F3N3O3S. The lowest BCUT2D eigenvalue weighted by molar-refractivity contribution is -0.137. The molecule has 2 aromatic rings. The number of alkyl halides is 3. The Bertz CT molecular complexity index is 946. The van der Waals surface area contributed by atoms with E-state index in [0.29, 0.717) is 49.9 Å². The number of nitrogens with zero attached hydrogens (tertiary/aromatic N) is 1. The molecule has 1 amide bonds. The normalized spacial score (nSPS) is 14.1. The molecule has 10 heteroatoms. The second-order valence-corrected chi connectivity index (χ2v) is 7.52. The van der Waals surface area contributed by atoms with Crippen molar-refractivity contribution in [2.75, 3.05) is 43.1 Å². The van der Waals surface area contributed by atoms with Crippen molar-refractivity contribution in [1.29, 1.82) is 0 Å². The number of halogens is 3. The molecule has 2 aromatic carbocycles. The summed E-state index contributed by atoms with van der Waals surface area (Å²) in [7, 11) is 0. The van der Waals surface area contributed by atoms with E-state index in [4.69, 9.17) is 21.7 Å². The van der Waals surface area contributed by atoms with E-state index in [2.05, 4.69) is 10.6 Å². The van der Waals surface area contributed by atoms with Crippen LogP contribution in [0.3, 0.4) is 0 Å². The monoisotopic (exact) mass is 467 g/mol. The summed E-state index contributed by atoms with van der Waals surface area (Å²) in [4.78, 5) is 14.4. The summed E-state index contributed by atoms with van der Waals surface area (Å²) in [6.45, 7) is 4.57. The zero-order valence-corrected chi connectivity index (χ0v) is 18.3. The Kier molecular flexibility index (Phi) is 7.92. The van der Waals surface area contributed by atoms with E-state index in [0.717, 1.165) is 18.6 Å². The standard InChI is InChI=1S/C22H24F3N3O3S/c1-2-11-31-17-6-3-15(4-7-17)20(29)27-21(32)26-18-14-16(22(23,24)25)5-8-19(18)28-9-12-30-13-10-28/h3-8,14H,2,9-13H2,1H3,(H2,26,27,29,32). The zero-order valence-electron chi connectivity index (χ0n) is 17.5. The summed E-state index contributed by atoms with van der Waals surface area (Å²) in [5.41, 5.74) is 0.245. The van der Waals surface area contributed by atoms with Crippen molar-refractivity contribution in [3.63, 3.8) is 0 Å². The van der Waals surface area contributed by atoms with E-state index in [1.165, 1.54) is 6.07 Å². The van der Waals surface area contributed by atoms with Gasteiger partial charge in [0.15, 0.2) is 5.11 Å². The predicted molar refractivity (Wildman–Crippen MR) is 120 cm³/mol. The van der Waals surface area contributed by atoms with Gasteiger partial charge in [-0.25, -0.2) is 0 Å². The Hall–Kier alpha value is -2.85. The van der Waals surface area contributed by atoms with Crippen molar-refractivity contribution in [2.24, 2.45) is 0 Å². The number of rotatable bonds is 6. The third-order valence-electron chi connectivity index (χ3n) is 4.74. The molecule has 3 rings (SSSR count). The van der Waals surface area contributed by atoms with E-state index in [-0.39, 0.29) is 10.8 Å². The Morgan fingerprint density at radius 2 is 1.84 bits per heavy atom. The second kappa shape index (κ2) is 10.6. The van der Waals surface area contributed by atoms with Gasteiger partial charge >= 0.3 is 6.18 Å². The summed E-state index contributed by atoms with van der Waals surface area (Å²) >= 11 is 5.20. The largest absolute Gasteiger partial charge is 0.494 e. The molecule has 32 heavy (non-hydrogen) atoms. The van der Waals surface area contributed by atoms with Crippen LogP contribution in [0.15, 0.2) is 42.5 Å². The molecule has 0 aromatic heterocycles. The van der Waals surface area contributed by atoms with Gasteiger partial charge in [-0.3, -0.25) is 10.1 Å². The van der Waals surface area contributed by atoms with E-state index >= 15 is 0 Å². The number of anilines is 2. The fraction of sp³-hybridized carbons (Fsp3) is 0.364. The minimum atomic E-state index is -4.51. The number of hydrogen-bond acceptors (Lipinski definition) is 5. The number of amides is 1. The van der Waals surface area contributed by atoms with Gasteiger partial charge in [0.1, 0.15) is 5.75 Å². The van der Waals surface area contributed by atoms with Crippen molar-refractivity contribution >= 4 is 34.6 Å². The van der Waals surface area contributed by atoms with Gasteiger partial charge in [0.25, 0.3) is 5.91 Å². The quantitative estimate of drug-likeness (QED) is 0.612. The molecule has 6 nitrogen and oxygen atoms in total. The van der Waals surface area contributed by atoms with Crippen LogP contribution in [0.25, 0.3) is 0 Å². The molecule has 0 aliphatic carbocycles. The highest BCUT2D eigenvalue weighted by atomic mass is 32.1. The molecule has 1 saturated heterocycles. The van der Waals surface area contributed by atoms with E-state index in [1.807, 2.05) is 11.8 Å². The molecule has 172 valence electrons. The highest BCUT2D eigenvalue weighted by Gasteiger charge is 2.31. The lowest BCUT2D eigenvalue weighted by Gasteiger charge is -2.31. The SMILES string of the molecule is CCCOc1ccc(C(=O)NC(=S)Nc2cc(C(F)(F)F)ccc2N2CCOCC2)cc1. The van der Waals surface area contributed by atoms with Crippen molar-refractivity contribution in [3.05, 3.63) is 53.6 Å². The van der Waals surface area contributed by atoms with Gasteiger partial charge in [0.2, 0.25) is 0 Å². The number of nitrogens with one attached hydrogen (secondary N) is 2. The molecule has 1 heterocycles. The highest BCUT2D eigenvalue weighted by Crippen LogP contribution is 2.35. The number of benzene rings is 2. The molecule has 1 aliphatic rings. The lowest BCUT2D eigenvalue weighted by atomic mass is 10.1. The number of morpholine rings is 1. The smallest absolute Gasteiger partial charge is 0.416 e. The van der Waals surface area contributed by atoms with E-state index in [9.17, 15) is 18.0 Å². The van der Waals surface area contributed by atoms with Crippen LogP contribution in [0.1, 0.15) is 29.3 Å². The van der Waals surface area contributed by atoms with E-state index in [1.54, 1.807) is 24.3 Å². The first kappa shape index (κ1) is 23.8. The van der Waals surface area contributed by atoms with Gasteiger partial charge in [-0.05, 0) is 61.1 Å². The predicted octanol–water partition coefficient (Wildman–Crippen LogP) is 4.46. The average Bonchev–Trinajstić information content (AvgIpc) is 2.78. The Balaban J connectivity index is 1.73. The van der Waals surface area contributed by atoms with Crippen molar-refractivity contribution < 1.29 is 27.4 Å². The van der Waals surface area contributed by atoms with Gasteiger partial charge in [0, 0.05) is 18.7 Å². The molecule has 0 bridgehead atoms. The molecule has 0 radical (unpaired) electrons. The van der Waals surface area contributed by atoms with Crippen LogP contribution in [-0.4, -0.2) is 43.9 Å². The lowest BCUT2D eigenvalue weighted by Crippen LogP contribution is -2.38. The van der Waals surface area contributed by atoms with Gasteiger partial charge in [-0.15, -0.1) is 0 Å². The summed E-state index contributed by atoms with van der Waals surface area (Å²) in [5, 5.41) is 5.16. The van der Waals surface area contributed by atoms with Crippen molar-refractivity contribution in [2.45, 2.75) is 19.5 Å². The minimum absolute atomic E-state index is 0.102. The number of carbonyl (C=O) groups excluding carboxylic acids is 1. The van der Waals surface area contributed by atoms with Crippen LogP contribution in [0.4, 0.5) is 24.5 Å². The first-order valence-electron chi connectivity index (χ1n) is 10.2. The molecule has 2 N–H and O–H groups in total. The number of thiocarbonyl (C=S) groups is 1. The fourth-order valence-electron chi connectivity index (χ4n) is 3.14. The number of hydrogen-bond donors (Lipinski definition) is 2. The number of carbonyl (C=O) groups is 1. The molecule has 1 fully saturated rings. The van der Waals surface area contributed by atoms with Crippen LogP contribution >= 0.6 is 12.2 Å². The first-order chi connectivity index (χ1) is 15.3. The molecule has 0 atom stereocenters. The van der Waals surface area contributed by atoms with Crippen LogP contribution in [-0.2, 0) is 10.9 Å². The van der Waals surface area contributed by atoms with E-state index < -0.39 is 17.6 Å². The molecular weight excluding hydrogens is 443 g/mol. The molecule has 0 spiro atoms. The first-order valence-corrected chi connectivity index (χ1v) is 10.6. The van der Waals surface area contributed by atoms with Crippen LogP contribution < -0.4 is 20.3 Å². The van der Waals surface area contributed by atoms with Gasteiger partial charge in [-0.1, -0.05) is 6.92 Å². The van der Waals surface area contributed by atoms with Crippen molar-refractivity contribution in [1.82, 2.24) is 5.32 Å². The van der Waals surface area contributed by atoms with Crippen LogP contribution in [0.5, 0.6) is 5.75 Å². The Labute approximate surface area is 189 Å². The van der Waals surface area contributed by atoms with Crippen LogP contribution in [0, 0.1) is 0 Å². The summed E-state index contributed by atoms with van der Waals surface area (Å²) in [6.07, 6.45) is -3.64. The molecule has 1 aliphatic heterocycles. The number of ether oxygens (including phenoxy) is 2. The summed E-state index contributed by atoms with van der Waals surface area (Å²) < 4.78 is 50.5. The van der Waals surface area contributed by atoms with Gasteiger partial charge < -0.3 is 19.7 Å². The topological polar surface area (TPSA) is 62.8 Å². The Morgan fingerprint density at radius 3 is 2.47 bits per heavy atom. The summed E-state index contributed by atoms with van der Waals surface area (Å²) in [5.74, 6) is 0.160. The third-order valence-corrected chi connectivity index (χ3v) is 4.94. The highest BCUT2D eigenvalue weighted by molar-refractivity contribution is 7.80. The Morgan fingerprint density at radius 1 is 1.16 bits per heavy atom. The summed E-state index contributed by atoms with van der Waals surface area (Å²) in [6, 6.07) is 9.94. The molecule has 0 saturated carbocycles. The van der Waals surface area contributed by atoms with Gasteiger partial charge in [0.05, 0.1) is 36.8 Å².